The zero-order valence-electron chi connectivity index (χ0n) is 11.1. The van der Waals surface area contributed by atoms with Crippen molar-refractivity contribution >= 4 is 38.9 Å². The third kappa shape index (κ3) is 4.09. The monoisotopic (exact) mass is 370 g/mol. The first-order valence-corrected chi connectivity index (χ1v) is 7.18. The molecular weight excluding hydrogens is 360 g/mol. The number of ether oxygens (including phenoxy) is 1. The number of rotatable bonds is 5. The topological polar surface area (TPSA) is 64.4 Å². The molecule has 0 unspecified atom stereocenters. The highest BCUT2D eigenvalue weighted by molar-refractivity contribution is 9.10. The summed E-state index contributed by atoms with van der Waals surface area (Å²) in [7, 11) is 1.57. The van der Waals surface area contributed by atoms with Gasteiger partial charge in [-0.1, -0.05) is 27.5 Å². The van der Waals surface area contributed by atoms with Crippen LogP contribution in [-0.4, -0.2) is 12.0 Å². The van der Waals surface area contributed by atoms with Crippen molar-refractivity contribution < 1.29 is 9.66 Å². The molecule has 0 aliphatic carbocycles. The first-order chi connectivity index (χ1) is 9.99. The highest BCUT2D eigenvalue weighted by Gasteiger charge is 2.09. The van der Waals surface area contributed by atoms with Crippen LogP contribution < -0.4 is 10.1 Å². The lowest BCUT2D eigenvalue weighted by Crippen LogP contribution is -2.01. The molecule has 0 amide bonds. The summed E-state index contributed by atoms with van der Waals surface area (Å²) in [5.41, 5.74) is 1.52. The number of hydrogen-bond donors (Lipinski definition) is 1. The van der Waals surface area contributed by atoms with E-state index < -0.39 is 4.92 Å². The van der Waals surface area contributed by atoms with Crippen molar-refractivity contribution in [2.24, 2.45) is 0 Å². The van der Waals surface area contributed by atoms with Crippen LogP contribution in [0.5, 0.6) is 5.75 Å². The lowest BCUT2D eigenvalue weighted by atomic mass is 10.2. The number of anilines is 1. The van der Waals surface area contributed by atoms with Crippen molar-refractivity contribution in [1.29, 1.82) is 0 Å². The number of nitrogens with zero attached hydrogens (tertiary/aromatic N) is 1. The lowest BCUT2D eigenvalue weighted by molar-refractivity contribution is -0.385. The molecule has 0 radical (unpaired) electrons. The van der Waals surface area contributed by atoms with E-state index in [0.29, 0.717) is 27.5 Å². The van der Waals surface area contributed by atoms with Crippen LogP contribution in [0.25, 0.3) is 0 Å². The van der Waals surface area contributed by atoms with E-state index >= 15 is 0 Å². The first-order valence-electron chi connectivity index (χ1n) is 6.01. The molecule has 0 atom stereocenters. The number of nitro benzene ring substituents is 1. The maximum atomic E-state index is 10.8. The van der Waals surface area contributed by atoms with Gasteiger partial charge < -0.3 is 10.1 Å². The highest BCUT2D eigenvalue weighted by atomic mass is 79.9. The van der Waals surface area contributed by atoms with E-state index in [4.69, 9.17) is 16.3 Å². The van der Waals surface area contributed by atoms with E-state index in [1.54, 1.807) is 25.3 Å². The molecule has 21 heavy (non-hydrogen) atoms. The molecule has 0 saturated carbocycles. The normalized spacial score (nSPS) is 10.2. The molecule has 110 valence electrons. The Bertz CT molecular complexity index is 679. The fraction of sp³-hybridized carbons (Fsp3) is 0.143. The zero-order chi connectivity index (χ0) is 15.4. The highest BCUT2D eigenvalue weighted by Crippen LogP contribution is 2.28. The molecule has 0 spiro atoms. The summed E-state index contributed by atoms with van der Waals surface area (Å²) in [6.07, 6.45) is 0. The smallest absolute Gasteiger partial charge is 0.270 e. The average molecular weight is 372 g/mol. The molecule has 2 rings (SSSR count). The molecule has 7 heteroatoms. The van der Waals surface area contributed by atoms with Crippen LogP contribution in [0.4, 0.5) is 11.4 Å². The number of non-ortho nitro benzene ring substituents is 1. The molecule has 0 heterocycles. The van der Waals surface area contributed by atoms with Crippen LogP contribution in [0.3, 0.4) is 0 Å². The van der Waals surface area contributed by atoms with Crippen molar-refractivity contribution in [1.82, 2.24) is 0 Å². The molecule has 0 fully saturated rings. The Morgan fingerprint density at radius 2 is 2.10 bits per heavy atom. The van der Waals surface area contributed by atoms with E-state index in [2.05, 4.69) is 21.2 Å². The Kier molecular flexibility index (Phi) is 5.03. The van der Waals surface area contributed by atoms with Crippen LogP contribution in [-0.2, 0) is 6.54 Å². The Labute approximate surface area is 135 Å². The van der Waals surface area contributed by atoms with E-state index in [1.807, 2.05) is 6.07 Å². The van der Waals surface area contributed by atoms with Gasteiger partial charge in [0.2, 0.25) is 0 Å². The van der Waals surface area contributed by atoms with Gasteiger partial charge in [0.05, 0.1) is 22.7 Å². The second kappa shape index (κ2) is 6.78. The SMILES string of the molecule is COc1ccc(Cl)c(NCc2cc(Br)cc([N+](=O)[O-])c2)c1. The van der Waals surface area contributed by atoms with Crippen molar-refractivity contribution in [3.05, 3.63) is 61.6 Å². The average Bonchev–Trinajstić information content (AvgIpc) is 2.46. The van der Waals surface area contributed by atoms with Gasteiger partial charge in [-0.25, -0.2) is 0 Å². The van der Waals surface area contributed by atoms with E-state index in [0.717, 1.165) is 5.56 Å². The minimum atomic E-state index is -0.424. The maximum absolute atomic E-state index is 10.8. The number of nitrogens with one attached hydrogen (secondary N) is 1. The summed E-state index contributed by atoms with van der Waals surface area (Å²) in [6, 6.07) is 10.1. The van der Waals surface area contributed by atoms with Crippen LogP contribution in [0.2, 0.25) is 5.02 Å². The Morgan fingerprint density at radius 1 is 1.33 bits per heavy atom. The second-order valence-electron chi connectivity index (χ2n) is 4.27. The Balaban J connectivity index is 2.18. The van der Waals surface area contributed by atoms with Gasteiger partial charge in [0.1, 0.15) is 5.75 Å². The lowest BCUT2D eigenvalue weighted by Gasteiger charge is -2.10. The predicted octanol–water partition coefficient (Wildman–Crippen LogP) is 4.63. The summed E-state index contributed by atoms with van der Waals surface area (Å²) < 4.78 is 5.79. The van der Waals surface area contributed by atoms with Gasteiger partial charge in [-0.15, -0.1) is 0 Å². The van der Waals surface area contributed by atoms with Crippen LogP contribution in [0.1, 0.15) is 5.56 Å². The van der Waals surface area contributed by atoms with E-state index in [-0.39, 0.29) is 5.69 Å². The number of hydrogen-bond acceptors (Lipinski definition) is 4. The van der Waals surface area contributed by atoms with Crippen LogP contribution in [0, 0.1) is 10.1 Å². The largest absolute Gasteiger partial charge is 0.497 e. The first kappa shape index (κ1) is 15.6. The maximum Gasteiger partial charge on any atom is 0.270 e. The molecule has 0 saturated heterocycles. The fourth-order valence-corrected chi connectivity index (χ4v) is 2.52. The summed E-state index contributed by atoms with van der Waals surface area (Å²) >= 11 is 9.36. The van der Waals surface area contributed by atoms with Gasteiger partial charge in [-0.05, 0) is 23.8 Å². The molecule has 5 nitrogen and oxygen atoms in total. The minimum Gasteiger partial charge on any atom is -0.497 e. The fourth-order valence-electron chi connectivity index (χ4n) is 1.80. The molecular formula is C14H12BrClN2O3. The zero-order valence-corrected chi connectivity index (χ0v) is 13.4. The number of benzene rings is 2. The van der Waals surface area contributed by atoms with E-state index in [9.17, 15) is 10.1 Å². The number of nitro groups is 1. The summed E-state index contributed by atoms with van der Waals surface area (Å²) in [4.78, 5) is 10.4. The summed E-state index contributed by atoms with van der Waals surface area (Å²) in [5, 5.41) is 14.5. The van der Waals surface area contributed by atoms with Crippen molar-refractivity contribution in [2.75, 3.05) is 12.4 Å². The standard InChI is InChI=1S/C14H12BrClN2O3/c1-21-12-2-3-13(16)14(7-12)17-8-9-4-10(15)6-11(5-9)18(19)20/h2-7,17H,8H2,1H3. The van der Waals surface area contributed by atoms with Crippen LogP contribution in [0.15, 0.2) is 40.9 Å². The Hall–Kier alpha value is -1.79. The van der Waals surface area contributed by atoms with Gasteiger partial charge in [0, 0.05) is 29.2 Å². The molecule has 1 N–H and O–H groups in total. The van der Waals surface area contributed by atoms with Gasteiger partial charge in [-0.2, -0.15) is 0 Å². The summed E-state index contributed by atoms with van der Waals surface area (Å²) in [5.74, 6) is 0.683. The van der Waals surface area contributed by atoms with Gasteiger partial charge in [0.25, 0.3) is 5.69 Å². The molecule has 0 aliphatic heterocycles. The number of methoxy groups -OCH3 is 1. The quantitative estimate of drug-likeness (QED) is 0.614. The van der Waals surface area contributed by atoms with Crippen molar-refractivity contribution in [2.45, 2.75) is 6.54 Å². The van der Waals surface area contributed by atoms with Gasteiger partial charge >= 0.3 is 0 Å². The van der Waals surface area contributed by atoms with Gasteiger partial charge in [0.15, 0.2) is 0 Å². The second-order valence-corrected chi connectivity index (χ2v) is 5.60. The summed E-state index contributed by atoms with van der Waals surface area (Å²) in [6.45, 7) is 0.410. The molecule has 2 aromatic carbocycles. The van der Waals surface area contributed by atoms with Crippen molar-refractivity contribution in [3.8, 4) is 5.75 Å². The minimum absolute atomic E-state index is 0.0397. The van der Waals surface area contributed by atoms with E-state index in [1.165, 1.54) is 12.1 Å². The number of halogens is 2. The van der Waals surface area contributed by atoms with Crippen LogP contribution >= 0.6 is 27.5 Å². The van der Waals surface area contributed by atoms with Gasteiger partial charge in [-0.3, -0.25) is 10.1 Å². The third-order valence-corrected chi connectivity index (χ3v) is 3.60. The predicted molar refractivity (Wildman–Crippen MR) is 86.1 cm³/mol. The third-order valence-electron chi connectivity index (χ3n) is 2.81. The molecule has 0 bridgehead atoms. The van der Waals surface area contributed by atoms with Crippen molar-refractivity contribution in [3.63, 3.8) is 0 Å². The Morgan fingerprint density at radius 3 is 2.76 bits per heavy atom. The molecule has 2 aromatic rings. The molecule has 0 aromatic heterocycles. The molecule has 0 aliphatic rings.